The van der Waals surface area contributed by atoms with E-state index in [0.29, 0.717) is 0 Å². The van der Waals surface area contributed by atoms with Gasteiger partial charge in [-0.1, -0.05) is 17.7 Å². The number of hydrogen-bond donors (Lipinski definition) is 1. The van der Waals surface area contributed by atoms with Gasteiger partial charge in [-0.2, -0.15) is 0 Å². The van der Waals surface area contributed by atoms with E-state index in [4.69, 9.17) is 16.7 Å². The number of halogens is 2. The normalized spacial score (nSPS) is 11.0. The minimum absolute atomic E-state index is 0.0518. The lowest BCUT2D eigenvalue weighted by molar-refractivity contribution is 0.285. The zero-order chi connectivity index (χ0) is 9.42. The first-order valence-corrected chi connectivity index (χ1v) is 5.69. The molecule has 68 valence electrons. The van der Waals surface area contributed by atoms with Crippen LogP contribution in [-0.4, -0.2) is 5.11 Å². The molecule has 0 aliphatic rings. The molecular formula is C9H6BrClOS. The van der Waals surface area contributed by atoms with Gasteiger partial charge in [0.25, 0.3) is 0 Å². The summed E-state index contributed by atoms with van der Waals surface area (Å²) in [6.07, 6.45) is 0. The fourth-order valence-electron chi connectivity index (χ4n) is 1.22. The molecule has 1 aromatic heterocycles. The van der Waals surface area contributed by atoms with Gasteiger partial charge in [0.05, 0.1) is 11.6 Å². The summed E-state index contributed by atoms with van der Waals surface area (Å²) in [7, 11) is 0. The monoisotopic (exact) mass is 276 g/mol. The van der Waals surface area contributed by atoms with Crippen molar-refractivity contribution in [2.75, 3.05) is 0 Å². The van der Waals surface area contributed by atoms with Crippen LogP contribution in [0, 0.1) is 0 Å². The van der Waals surface area contributed by atoms with Gasteiger partial charge in [0.1, 0.15) is 0 Å². The van der Waals surface area contributed by atoms with Gasteiger partial charge in [0.2, 0.25) is 0 Å². The third-order valence-corrected chi connectivity index (χ3v) is 4.41. The minimum atomic E-state index is 0.0518. The average Bonchev–Trinajstić information content (AvgIpc) is 2.44. The Morgan fingerprint density at radius 2 is 2.23 bits per heavy atom. The van der Waals surface area contributed by atoms with E-state index >= 15 is 0 Å². The van der Waals surface area contributed by atoms with E-state index in [1.54, 1.807) is 11.3 Å². The molecule has 0 aliphatic carbocycles. The molecule has 13 heavy (non-hydrogen) atoms. The van der Waals surface area contributed by atoms with Crippen LogP contribution in [0.1, 0.15) is 4.88 Å². The van der Waals surface area contributed by atoms with Crippen molar-refractivity contribution in [1.82, 2.24) is 0 Å². The van der Waals surface area contributed by atoms with Crippen molar-refractivity contribution >= 4 is 49.0 Å². The van der Waals surface area contributed by atoms with Gasteiger partial charge >= 0.3 is 0 Å². The van der Waals surface area contributed by atoms with Crippen LogP contribution in [0.2, 0.25) is 5.02 Å². The molecule has 0 spiro atoms. The van der Waals surface area contributed by atoms with Gasteiger partial charge in [0.15, 0.2) is 0 Å². The second kappa shape index (κ2) is 3.58. The Hall–Kier alpha value is -0.0900. The molecule has 2 aromatic rings. The first kappa shape index (κ1) is 9.46. The molecule has 0 fully saturated rings. The van der Waals surface area contributed by atoms with Crippen molar-refractivity contribution in [3.05, 3.63) is 32.6 Å². The Labute approximate surface area is 93.1 Å². The zero-order valence-electron chi connectivity index (χ0n) is 6.55. The Morgan fingerprint density at radius 1 is 1.46 bits per heavy atom. The van der Waals surface area contributed by atoms with Crippen LogP contribution < -0.4 is 0 Å². The molecular weight excluding hydrogens is 272 g/mol. The van der Waals surface area contributed by atoms with Crippen molar-refractivity contribution in [2.24, 2.45) is 0 Å². The van der Waals surface area contributed by atoms with E-state index in [2.05, 4.69) is 15.9 Å². The maximum Gasteiger partial charge on any atom is 0.0786 e. The Morgan fingerprint density at radius 3 is 2.85 bits per heavy atom. The quantitative estimate of drug-likeness (QED) is 0.840. The summed E-state index contributed by atoms with van der Waals surface area (Å²) in [6, 6.07) is 5.76. The van der Waals surface area contributed by atoms with E-state index in [9.17, 15) is 0 Å². The molecule has 1 N–H and O–H groups in total. The highest BCUT2D eigenvalue weighted by Gasteiger charge is 2.10. The highest BCUT2D eigenvalue weighted by Crippen LogP contribution is 2.39. The highest BCUT2D eigenvalue weighted by atomic mass is 79.9. The molecule has 4 heteroatoms. The molecule has 0 atom stereocenters. The molecule has 2 rings (SSSR count). The van der Waals surface area contributed by atoms with Crippen molar-refractivity contribution in [3.8, 4) is 0 Å². The van der Waals surface area contributed by atoms with Crippen LogP contribution in [0.3, 0.4) is 0 Å². The third kappa shape index (κ3) is 1.50. The molecule has 0 saturated carbocycles. The molecule has 0 radical (unpaired) electrons. The number of rotatable bonds is 1. The van der Waals surface area contributed by atoms with Crippen molar-refractivity contribution in [3.63, 3.8) is 0 Å². The van der Waals surface area contributed by atoms with E-state index < -0.39 is 0 Å². The number of benzene rings is 1. The largest absolute Gasteiger partial charge is 0.391 e. The Balaban J connectivity index is 2.85. The number of thiophene rings is 1. The van der Waals surface area contributed by atoms with Crippen LogP contribution in [0.15, 0.2) is 22.7 Å². The third-order valence-electron chi connectivity index (χ3n) is 1.82. The Bertz CT molecular complexity index is 452. The van der Waals surface area contributed by atoms with Gasteiger partial charge in [-0.25, -0.2) is 0 Å². The second-order valence-corrected chi connectivity index (χ2v) is 4.95. The molecule has 1 nitrogen and oxygen atoms in total. The van der Waals surface area contributed by atoms with Crippen LogP contribution in [0.4, 0.5) is 0 Å². The SMILES string of the molecule is OCc1sc2cccc(Cl)c2c1Br. The predicted octanol–water partition coefficient (Wildman–Crippen LogP) is 3.81. The molecule has 1 aromatic carbocycles. The van der Waals surface area contributed by atoms with Gasteiger partial charge in [-0.3, -0.25) is 0 Å². The number of aliphatic hydroxyl groups excluding tert-OH is 1. The van der Waals surface area contributed by atoms with Crippen molar-refractivity contribution < 1.29 is 5.11 Å². The van der Waals surface area contributed by atoms with Crippen LogP contribution >= 0.6 is 38.9 Å². The van der Waals surface area contributed by atoms with Crippen molar-refractivity contribution in [2.45, 2.75) is 6.61 Å². The van der Waals surface area contributed by atoms with E-state index in [-0.39, 0.29) is 6.61 Å². The maximum atomic E-state index is 9.05. The van der Waals surface area contributed by atoms with E-state index in [1.807, 2.05) is 18.2 Å². The lowest BCUT2D eigenvalue weighted by Gasteiger charge is -1.93. The summed E-state index contributed by atoms with van der Waals surface area (Å²) in [6.45, 7) is 0.0518. The molecule has 0 bridgehead atoms. The second-order valence-electron chi connectivity index (χ2n) is 2.61. The fraction of sp³-hybridized carbons (Fsp3) is 0.111. The van der Waals surface area contributed by atoms with E-state index in [0.717, 1.165) is 24.5 Å². The lowest BCUT2D eigenvalue weighted by Crippen LogP contribution is -1.75. The van der Waals surface area contributed by atoms with Gasteiger partial charge in [-0.05, 0) is 28.1 Å². The summed E-state index contributed by atoms with van der Waals surface area (Å²) in [5.74, 6) is 0. The first-order chi connectivity index (χ1) is 6.24. The minimum Gasteiger partial charge on any atom is -0.391 e. The summed E-state index contributed by atoms with van der Waals surface area (Å²) < 4.78 is 2.02. The fourth-order valence-corrected chi connectivity index (χ4v) is 3.57. The summed E-state index contributed by atoms with van der Waals surface area (Å²) in [5, 5.41) is 10.8. The zero-order valence-corrected chi connectivity index (χ0v) is 9.71. The number of aliphatic hydroxyl groups is 1. The highest BCUT2D eigenvalue weighted by molar-refractivity contribution is 9.10. The molecule has 0 saturated heterocycles. The van der Waals surface area contributed by atoms with Crippen LogP contribution in [0.5, 0.6) is 0 Å². The lowest BCUT2D eigenvalue weighted by atomic mass is 10.2. The summed E-state index contributed by atoms with van der Waals surface area (Å²) >= 11 is 11.0. The molecule has 0 unspecified atom stereocenters. The topological polar surface area (TPSA) is 20.2 Å². The number of fused-ring (bicyclic) bond motifs is 1. The summed E-state index contributed by atoms with van der Waals surface area (Å²) in [5.41, 5.74) is 0. The van der Waals surface area contributed by atoms with Crippen molar-refractivity contribution in [1.29, 1.82) is 0 Å². The average molecular weight is 278 g/mol. The first-order valence-electron chi connectivity index (χ1n) is 3.70. The maximum absolute atomic E-state index is 9.05. The predicted molar refractivity (Wildman–Crippen MR) is 60.5 cm³/mol. The van der Waals surface area contributed by atoms with Crippen LogP contribution in [-0.2, 0) is 6.61 Å². The van der Waals surface area contributed by atoms with Gasteiger partial charge in [0, 0.05) is 19.4 Å². The van der Waals surface area contributed by atoms with Crippen LogP contribution in [0.25, 0.3) is 10.1 Å². The Kier molecular flexibility index (Phi) is 2.60. The molecule has 0 aliphatic heterocycles. The molecule has 1 heterocycles. The van der Waals surface area contributed by atoms with E-state index in [1.165, 1.54) is 0 Å². The summed E-state index contributed by atoms with van der Waals surface area (Å²) in [4.78, 5) is 0.920. The smallest absolute Gasteiger partial charge is 0.0786 e. The van der Waals surface area contributed by atoms with Gasteiger partial charge in [-0.15, -0.1) is 11.3 Å². The van der Waals surface area contributed by atoms with Gasteiger partial charge < -0.3 is 5.11 Å². The standard InChI is InChI=1S/C9H6BrClOS/c10-9-7(4-12)13-6-3-1-2-5(11)8(6)9/h1-3,12H,4H2. The number of hydrogen-bond acceptors (Lipinski definition) is 2. The molecule has 0 amide bonds.